The molecular formula is C22H28N2O3. The van der Waals surface area contributed by atoms with E-state index in [2.05, 4.69) is 4.98 Å². The second-order valence-electron chi connectivity index (χ2n) is 8.77. The third-order valence-corrected chi connectivity index (χ3v) is 4.01. The fraction of sp³-hybridized carbons (Fsp3) is 0.455. The molecule has 0 spiro atoms. The van der Waals surface area contributed by atoms with E-state index in [1.54, 1.807) is 6.20 Å². The number of benzene rings is 1. The van der Waals surface area contributed by atoms with Crippen molar-refractivity contribution in [3.8, 4) is 5.75 Å². The summed E-state index contributed by atoms with van der Waals surface area (Å²) in [5, 5.41) is 0. The van der Waals surface area contributed by atoms with Crippen molar-refractivity contribution in [3.63, 3.8) is 0 Å². The number of hydrogen-bond acceptors (Lipinski definition) is 5. The molecular weight excluding hydrogens is 340 g/mol. The lowest BCUT2D eigenvalue weighted by atomic mass is 10.2. The summed E-state index contributed by atoms with van der Waals surface area (Å²) in [6, 6.07) is 13.0. The topological polar surface area (TPSA) is 51.4 Å². The van der Waals surface area contributed by atoms with Gasteiger partial charge < -0.3 is 14.4 Å². The smallest absolute Gasteiger partial charge is 0.331 e. The number of carbonyl (C=O) groups excluding carboxylic acids is 1. The lowest BCUT2D eigenvalue weighted by Crippen LogP contribution is -2.28. The standard InChI is InChI=1S/C22H28N2O3/c1-21(2,3)26-17-13-8-7-12-16(17)24-18(15-11-9-10-14-23-15)19(24)20(25)27-22(4,5)6/h7-14,18-19H,1-6H3/t18-,19-,24?/m1/s1. The zero-order valence-electron chi connectivity index (χ0n) is 16.9. The monoisotopic (exact) mass is 368 g/mol. The maximum absolute atomic E-state index is 12.9. The molecule has 144 valence electrons. The summed E-state index contributed by atoms with van der Waals surface area (Å²) in [5.41, 5.74) is 0.841. The van der Waals surface area contributed by atoms with Gasteiger partial charge in [0.2, 0.25) is 0 Å². The van der Waals surface area contributed by atoms with Crippen LogP contribution in [-0.4, -0.2) is 28.2 Å². The van der Waals surface area contributed by atoms with Crippen molar-refractivity contribution in [2.75, 3.05) is 4.90 Å². The molecule has 3 rings (SSSR count). The number of esters is 1. The molecule has 0 bridgehead atoms. The number of carbonyl (C=O) groups is 1. The number of para-hydroxylation sites is 2. The summed E-state index contributed by atoms with van der Waals surface area (Å²) in [7, 11) is 0. The molecule has 0 unspecified atom stereocenters. The van der Waals surface area contributed by atoms with E-state index in [1.807, 2.05) is 88.9 Å². The maximum Gasteiger partial charge on any atom is 0.331 e. The van der Waals surface area contributed by atoms with Crippen molar-refractivity contribution in [3.05, 3.63) is 54.4 Å². The molecule has 1 aromatic carbocycles. The molecule has 27 heavy (non-hydrogen) atoms. The Kier molecular flexibility index (Phi) is 4.89. The van der Waals surface area contributed by atoms with Gasteiger partial charge in [0.15, 0.2) is 6.04 Å². The van der Waals surface area contributed by atoms with Gasteiger partial charge in [-0.05, 0) is 65.8 Å². The van der Waals surface area contributed by atoms with E-state index in [-0.39, 0.29) is 17.6 Å². The van der Waals surface area contributed by atoms with Crippen molar-refractivity contribution >= 4 is 11.7 Å². The van der Waals surface area contributed by atoms with E-state index < -0.39 is 11.6 Å². The van der Waals surface area contributed by atoms with Crippen LogP contribution in [0, 0.1) is 0 Å². The van der Waals surface area contributed by atoms with Gasteiger partial charge in [-0.1, -0.05) is 18.2 Å². The molecule has 2 heterocycles. The van der Waals surface area contributed by atoms with Crippen LogP contribution in [-0.2, 0) is 9.53 Å². The number of aromatic nitrogens is 1. The van der Waals surface area contributed by atoms with Crippen LogP contribution in [0.15, 0.2) is 48.7 Å². The van der Waals surface area contributed by atoms with E-state index in [4.69, 9.17) is 9.47 Å². The molecule has 0 radical (unpaired) electrons. The Balaban J connectivity index is 1.96. The highest BCUT2D eigenvalue weighted by atomic mass is 16.6. The lowest BCUT2D eigenvalue weighted by Gasteiger charge is -2.24. The van der Waals surface area contributed by atoms with Crippen LogP contribution in [0.4, 0.5) is 5.69 Å². The van der Waals surface area contributed by atoms with Crippen LogP contribution < -0.4 is 9.64 Å². The molecule has 0 aliphatic carbocycles. The maximum atomic E-state index is 12.9. The Morgan fingerprint density at radius 2 is 1.63 bits per heavy atom. The molecule has 1 aliphatic rings. The molecule has 5 heteroatoms. The van der Waals surface area contributed by atoms with E-state index >= 15 is 0 Å². The summed E-state index contributed by atoms with van der Waals surface area (Å²) in [4.78, 5) is 19.3. The van der Waals surface area contributed by atoms with Crippen molar-refractivity contribution in [1.82, 2.24) is 4.98 Å². The first-order valence-corrected chi connectivity index (χ1v) is 9.27. The third kappa shape index (κ3) is 4.59. The molecule has 1 fully saturated rings. The third-order valence-electron chi connectivity index (χ3n) is 4.01. The SMILES string of the molecule is CC(C)(C)OC(=O)[C@H]1[C@@H](c2ccccn2)N1c1ccccc1OC(C)(C)C. The minimum atomic E-state index is -0.540. The Labute approximate surface area is 161 Å². The molecule has 2 aromatic rings. The van der Waals surface area contributed by atoms with Crippen LogP contribution in [0.2, 0.25) is 0 Å². The van der Waals surface area contributed by atoms with Gasteiger partial charge in [0, 0.05) is 6.20 Å². The zero-order valence-corrected chi connectivity index (χ0v) is 16.9. The molecule has 0 N–H and O–H groups in total. The second kappa shape index (κ2) is 6.87. The van der Waals surface area contributed by atoms with E-state index in [9.17, 15) is 4.79 Å². The summed E-state index contributed by atoms with van der Waals surface area (Å²) in [5.74, 6) is 0.501. The quantitative estimate of drug-likeness (QED) is 0.586. The number of ether oxygens (including phenoxy) is 2. The summed E-state index contributed by atoms with van der Waals surface area (Å²) < 4.78 is 11.8. The second-order valence-corrected chi connectivity index (χ2v) is 8.77. The van der Waals surface area contributed by atoms with E-state index in [0.717, 1.165) is 17.1 Å². The van der Waals surface area contributed by atoms with Crippen LogP contribution in [0.5, 0.6) is 5.75 Å². The van der Waals surface area contributed by atoms with Gasteiger partial charge in [-0.25, -0.2) is 4.79 Å². The molecule has 1 aromatic heterocycles. The van der Waals surface area contributed by atoms with Gasteiger partial charge in [-0.3, -0.25) is 4.98 Å². The first-order chi connectivity index (χ1) is 12.6. The highest BCUT2D eigenvalue weighted by Crippen LogP contribution is 2.50. The molecule has 2 atom stereocenters. The summed E-state index contributed by atoms with van der Waals surface area (Å²) in [6.45, 7) is 11.7. The summed E-state index contributed by atoms with van der Waals surface area (Å²) in [6.07, 6.45) is 1.75. The number of pyridine rings is 1. The van der Waals surface area contributed by atoms with Crippen molar-refractivity contribution in [2.24, 2.45) is 0 Å². The first kappa shape index (κ1) is 19.2. The molecule has 5 nitrogen and oxygen atoms in total. The largest absolute Gasteiger partial charge is 0.486 e. The van der Waals surface area contributed by atoms with Crippen LogP contribution in [0.25, 0.3) is 0 Å². The van der Waals surface area contributed by atoms with Crippen molar-refractivity contribution < 1.29 is 14.3 Å². The average molecular weight is 368 g/mol. The Morgan fingerprint density at radius 3 is 2.22 bits per heavy atom. The average Bonchev–Trinajstić information content (AvgIpc) is 3.28. The van der Waals surface area contributed by atoms with Crippen LogP contribution >= 0.6 is 0 Å². The zero-order chi connectivity index (χ0) is 19.8. The number of rotatable bonds is 4. The molecule has 1 aliphatic heterocycles. The Bertz CT molecular complexity index is 806. The van der Waals surface area contributed by atoms with Gasteiger partial charge in [-0.15, -0.1) is 0 Å². The van der Waals surface area contributed by atoms with Crippen molar-refractivity contribution in [1.29, 1.82) is 0 Å². The minimum absolute atomic E-state index is 0.161. The van der Waals surface area contributed by atoms with Crippen LogP contribution in [0.1, 0.15) is 53.3 Å². The minimum Gasteiger partial charge on any atom is -0.486 e. The lowest BCUT2D eigenvalue weighted by molar-refractivity contribution is -0.154. The first-order valence-electron chi connectivity index (χ1n) is 9.27. The van der Waals surface area contributed by atoms with E-state index in [1.165, 1.54) is 0 Å². The predicted molar refractivity (Wildman–Crippen MR) is 106 cm³/mol. The normalized spacial score (nSPS) is 19.6. The number of nitrogens with zero attached hydrogens (tertiary/aromatic N) is 2. The fourth-order valence-electron chi connectivity index (χ4n) is 3.08. The number of anilines is 1. The fourth-order valence-corrected chi connectivity index (χ4v) is 3.08. The summed E-state index contributed by atoms with van der Waals surface area (Å²) >= 11 is 0. The van der Waals surface area contributed by atoms with E-state index in [0.29, 0.717) is 0 Å². The number of hydrogen-bond donors (Lipinski definition) is 0. The highest BCUT2D eigenvalue weighted by Gasteiger charge is 2.57. The van der Waals surface area contributed by atoms with Gasteiger partial charge in [0.25, 0.3) is 0 Å². The van der Waals surface area contributed by atoms with Gasteiger partial charge in [0.05, 0.1) is 11.4 Å². The van der Waals surface area contributed by atoms with Gasteiger partial charge in [0.1, 0.15) is 23.0 Å². The van der Waals surface area contributed by atoms with Crippen molar-refractivity contribution in [2.45, 2.75) is 64.8 Å². The Hall–Kier alpha value is -2.56. The van der Waals surface area contributed by atoms with Gasteiger partial charge >= 0.3 is 5.97 Å². The van der Waals surface area contributed by atoms with Crippen LogP contribution in [0.3, 0.4) is 0 Å². The van der Waals surface area contributed by atoms with Gasteiger partial charge in [-0.2, -0.15) is 0 Å². The highest BCUT2D eigenvalue weighted by molar-refractivity contribution is 5.90. The Morgan fingerprint density at radius 1 is 0.963 bits per heavy atom. The molecule has 1 saturated heterocycles. The molecule has 0 amide bonds. The molecule has 0 saturated carbocycles. The predicted octanol–water partition coefficient (Wildman–Crippen LogP) is 4.53.